The molecular formula is C10H6ClN5O3S. The van der Waals surface area contributed by atoms with Crippen molar-refractivity contribution in [3.8, 4) is 0 Å². The van der Waals surface area contributed by atoms with Gasteiger partial charge in [-0.3, -0.25) is 10.1 Å². The van der Waals surface area contributed by atoms with Crippen molar-refractivity contribution in [2.24, 2.45) is 0 Å². The smallest absolute Gasteiger partial charge is 0.300 e. The number of non-ortho nitro benzene ring substituents is 1. The Morgan fingerprint density at radius 2 is 2.20 bits per heavy atom. The Bertz CT molecular complexity index is 786. The molecule has 2 heterocycles. The fourth-order valence-corrected chi connectivity index (χ4v) is 2.61. The largest absolute Gasteiger partial charge is 0.378 e. The molecule has 0 aliphatic carbocycles. The zero-order valence-corrected chi connectivity index (χ0v) is 11.3. The van der Waals surface area contributed by atoms with Gasteiger partial charge in [-0.1, -0.05) is 11.6 Å². The zero-order chi connectivity index (χ0) is 14.1. The van der Waals surface area contributed by atoms with Crippen molar-refractivity contribution in [3.05, 3.63) is 37.8 Å². The summed E-state index contributed by atoms with van der Waals surface area (Å²) < 4.78 is 5.03. The molecule has 0 aliphatic rings. The lowest BCUT2D eigenvalue weighted by molar-refractivity contribution is -0.383. The molecule has 0 saturated carbocycles. The van der Waals surface area contributed by atoms with Crippen molar-refractivity contribution in [2.45, 2.75) is 6.54 Å². The van der Waals surface area contributed by atoms with Gasteiger partial charge in [-0.2, -0.15) is 0 Å². The SMILES string of the molecule is O=[N+]([O-])c1ccc(NCc2cnc(Cl)s2)c2nonc12. The van der Waals surface area contributed by atoms with Gasteiger partial charge in [0.2, 0.25) is 5.52 Å². The molecule has 8 nitrogen and oxygen atoms in total. The second-order valence-electron chi connectivity index (χ2n) is 3.78. The van der Waals surface area contributed by atoms with Gasteiger partial charge in [-0.05, 0) is 16.4 Å². The van der Waals surface area contributed by atoms with Gasteiger partial charge in [-0.15, -0.1) is 11.3 Å². The second kappa shape index (κ2) is 5.02. The number of benzene rings is 1. The molecule has 0 amide bonds. The highest BCUT2D eigenvalue weighted by Gasteiger charge is 2.19. The summed E-state index contributed by atoms with van der Waals surface area (Å²) in [6.45, 7) is 0.476. The topological polar surface area (TPSA) is 107 Å². The highest BCUT2D eigenvalue weighted by Crippen LogP contribution is 2.29. The van der Waals surface area contributed by atoms with Crippen LogP contribution < -0.4 is 5.32 Å². The Labute approximate surface area is 120 Å². The van der Waals surface area contributed by atoms with E-state index < -0.39 is 4.92 Å². The number of aromatic nitrogens is 3. The van der Waals surface area contributed by atoms with E-state index in [-0.39, 0.29) is 11.2 Å². The lowest BCUT2D eigenvalue weighted by atomic mass is 10.2. The lowest BCUT2D eigenvalue weighted by Gasteiger charge is -2.04. The van der Waals surface area contributed by atoms with Crippen LogP contribution in [0.2, 0.25) is 4.47 Å². The van der Waals surface area contributed by atoms with Crippen molar-refractivity contribution in [1.82, 2.24) is 15.3 Å². The summed E-state index contributed by atoms with van der Waals surface area (Å²) in [6, 6.07) is 2.92. The molecule has 0 radical (unpaired) electrons. The van der Waals surface area contributed by atoms with Gasteiger partial charge in [0.15, 0.2) is 9.98 Å². The predicted molar refractivity (Wildman–Crippen MR) is 72.9 cm³/mol. The number of nitrogens with one attached hydrogen (secondary N) is 1. The first-order valence-corrected chi connectivity index (χ1v) is 6.58. The summed E-state index contributed by atoms with van der Waals surface area (Å²) in [6.07, 6.45) is 1.66. The van der Waals surface area contributed by atoms with E-state index in [4.69, 9.17) is 11.6 Å². The molecule has 2 aromatic heterocycles. The molecule has 20 heavy (non-hydrogen) atoms. The molecule has 0 unspecified atom stereocenters. The van der Waals surface area contributed by atoms with Gasteiger partial charge in [0.05, 0.1) is 17.2 Å². The maximum absolute atomic E-state index is 10.9. The third-order valence-corrected chi connectivity index (χ3v) is 3.68. The summed E-state index contributed by atoms with van der Waals surface area (Å²) in [5.74, 6) is 0. The average molecular weight is 312 g/mol. The number of nitrogens with zero attached hydrogens (tertiary/aromatic N) is 4. The van der Waals surface area contributed by atoms with Gasteiger partial charge >= 0.3 is 5.69 Å². The first-order valence-electron chi connectivity index (χ1n) is 5.39. The number of fused-ring (bicyclic) bond motifs is 1. The third-order valence-electron chi connectivity index (χ3n) is 2.57. The molecule has 102 valence electrons. The van der Waals surface area contributed by atoms with E-state index in [1.54, 1.807) is 12.3 Å². The van der Waals surface area contributed by atoms with Crippen molar-refractivity contribution in [2.75, 3.05) is 5.32 Å². The molecule has 1 aromatic carbocycles. The molecule has 3 aromatic rings. The summed E-state index contributed by atoms with van der Waals surface area (Å²) >= 11 is 7.09. The first kappa shape index (κ1) is 12.8. The number of halogens is 1. The Kier molecular flexibility index (Phi) is 3.20. The van der Waals surface area contributed by atoms with Gasteiger partial charge in [0.1, 0.15) is 0 Å². The predicted octanol–water partition coefficient (Wildman–Crippen LogP) is 2.85. The molecular weight excluding hydrogens is 306 g/mol. The fourth-order valence-electron chi connectivity index (χ4n) is 1.69. The molecule has 0 atom stereocenters. The normalized spacial score (nSPS) is 10.8. The number of nitro groups is 1. The Hall–Kier alpha value is -2.26. The van der Waals surface area contributed by atoms with E-state index >= 15 is 0 Å². The molecule has 0 fully saturated rings. The summed E-state index contributed by atoms with van der Waals surface area (Å²) in [5.41, 5.74) is 0.876. The maximum Gasteiger partial charge on any atom is 0.300 e. The van der Waals surface area contributed by atoms with E-state index in [0.717, 1.165) is 4.88 Å². The van der Waals surface area contributed by atoms with Crippen LogP contribution in [0.4, 0.5) is 11.4 Å². The molecule has 0 spiro atoms. The Morgan fingerprint density at radius 1 is 1.40 bits per heavy atom. The molecule has 0 saturated heterocycles. The van der Waals surface area contributed by atoms with E-state index in [1.165, 1.54) is 17.4 Å². The summed E-state index contributed by atoms with van der Waals surface area (Å²) in [7, 11) is 0. The van der Waals surface area contributed by atoms with Crippen LogP contribution in [0.5, 0.6) is 0 Å². The van der Waals surface area contributed by atoms with Crippen LogP contribution >= 0.6 is 22.9 Å². The van der Waals surface area contributed by atoms with Crippen LogP contribution in [0.3, 0.4) is 0 Å². The van der Waals surface area contributed by atoms with Crippen LogP contribution in [0.1, 0.15) is 4.88 Å². The van der Waals surface area contributed by atoms with Crippen molar-refractivity contribution < 1.29 is 9.55 Å². The Balaban J connectivity index is 1.90. The van der Waals surface area contributed by atoms with Crippen molar-refractivity contribution in [1.29, 1.82) is 0 Å². The van der Waals surface area contributed by atoms with Crippen molar-refractivity contribution >= 4 is 45.3 Å². The van der Waals surface area contributed by atoms with Crippen LogP contribution in [-0.4, -0.2) is 20.2 Å². The lowest BCUT2D eigenvalue weighted by Crippen LogP contribution is -1.99. The van der Waals surface area contributed by atoms with Crippen LogP contribution in [0, 0.1) is 10.1 Å². The van der Waals surface area contributed by atoms with Crippen LogP contribution in [-0.2, 0) is 6.54 Å². The minimum atomic E-state index is -0.528. The Morgan fingerprint density at radius 3 is 2.90 bits per heavy atom. The third kappa shape index (κ3) is 2.28. The molecule has 3 rings (SSSR count). The number of thiazole rings is 1. The monoisotopic (exact) mass is 311 g/mol. The van der Waals surface area contributed by atoms with E-state index in [0.29, 0.717) is 22.2 Å². The quantitative estimate of drug-likeness (QED) is 0.583. The first-order chi connectivity index (χ1) is 9.65. The fraction of sp³-hybridized carbons (Fsp3) is 0.100. The summed E-state index contributed by atoms with van der Waals surface area (Å²) in [5, 5.41) is 21.2. The number of hydrogen-bond donors (Lipinski definition) is 1. The van der Waals surface area contributed by atoms with E-state index in [2.05, 4.69) is 25.2 Å². The second-order valence-corrected chi connectivity index (χ2v) is 5.48. The molecule has 0 aliphatic heterocycles. The highest BCUT2D eigenvalue weighted by atomic mass is 35.5. The van der Waals surface area contributed by atoms with Gasteiger partial charge in [0.25, 0.3) is 0 Å². The van der Waals surface area contributed by atoms with Gasteiger partial charge < -0.3 is 5.32 Å². The number of nitro benzene ring substituents is 1. The van der Waals surface area contributed by atoms with Gasteiger partial charge in [-0.25, -0.2) is 9.61 Å². The van der Waals surface area contributed by atoms with Crippen LogP contribution in [0.15, 0.2) is 23.0 Å². The molecule has 10 heteroatoms. The minimum absolute atomic E-state index is 0.113. The molecule has 0 bridgehead atoms. The number of anilines is 1. The number of hydrogen-bond acceptors (Lipinski definition) is 8. The zero-order valence-electron chi connectivity index (χ0n) is 9.74. The van der Waals surface area contributed by atoms with E-state index in [9.17, 15) is 10.1 Å². The van der Waals surface area contributed by atoms with Crippen LogP contribution in [0.25, 0.3) is 11.0 Å². The van der Waals surface area contributed by atoms with E-state index in [1.807, 2.05) is 0 Å². The average Bonchev–Trinajstić information content (AvgIpc) is 3.04. The maximum atomic E-state index is 10.9. The summed E-state index contributed by atoms with van der Waals surface area (Å²) in [4.78, 5) is 15.2. The number of rotatable bonds is 4. The minimum Gasteiger partial charge on any atom is -0.378 e. The highest BCUT2D eigenvalue weighted by molar-refractivity contribution is 7.15. The standard InChI is InChI=1S/C10H6ClN5O3S/c11-10-13-4-5(20-10)3-12-6-1-2-7(16(17)18)9-8(6)14-19-15-9/h1-2,4,12H,3H2. The molecule has 1 N–H and O–H groups in total. The van der Waals surface area contributed by atoms with Gasteiger partial charge in [0, 0.05) is 17.1 Å². The van der Waals surface area contributed by atoms with Crippen molar-refractivity contribution in [3.63, 3.8) is 0 Å².